The molecule has 1 aliphatic rings. The smallest absolute Gasteiger partial charge is 0.355 e. The maximum Gasteiger partial charge on any atom is 0.392 e. The van der Waals surface area contributed by atoms with Crippen LogP contribution in [-0.2, 0) is 4.79 Å². The molecule has 0 aromatic carbocycles. The second-order valence-corrected chi connectivity index (χ2v) is 8.44. The van der Waals surface area contributed by atoms with Gasteiger partial charge in [0.1, 0.15) is 0 Å². The molecule has 6 heteroatoms. The molecule has 0 aromatic heterocycles. The molecule has 0 aromatic rings. The van der Waals surface area contributed by atoms with Crippen molar-refractivity contribution >= 4 is 21.8 Å². The average molecular weight is 372 g/mol. The standard InChI is InChI=1S/C15H25BrF3NO/c1-14(2,3)8-10(16)9-20-13(21)11-6-4-5-7-12(11)15(17,18)19/h10-12H,4-9H2,1-3H3,(H,20,21). The van der Waals surface area contributed by atoms with E-state index in [9.17, 15) is 18.0 Å². The predicted molar refractivity (Wildman–Crippen MR) is 81.3 cm³/mol. The fraction of sp³-hybridized carbons (Fsp3) is 0.933. The van der Waals surface area contributed by atoms with E-state index in [0.717, 1.165) is 6.42 Å². The lowest BCUT2D eigenvalue weighted by Crippen LogP contribution is -2.44. The van der Waals surface area contributed by atoms with Gasteiger partial charge in [0.15, 0.2) is 0 Å². The fourth-order valence-electron chi connectivity index (χ4n) is 2.92. The molecule has 1 aliphatic carbocycles. The van der Waals surface area contributed by atoms with Crippen LogP contribution >= 0.6 is 15.9 Å². The molecule has 1 fully saturated rings. The van der Waals surface area contributed by atoms with E-state index in [1.165, 1.54) is 0 Å². The van der Waals surface area contributed by atoms with Crippen LogP contribution in [0.4, 0.5) is 13.2 Å². The van der Waals surface area contributed by atoms with Gasteiger partial charge >= 0.3 is 6.18 Å². The molecule has 1 amide bonds. The summed E-state index contributed by atoms with van der Waals surface area (Å²) in [5, 5.41) is 2.69. The van der Waals surface area contributed by atoms with Gasteiger partial charge in [-0.3, -0.25) is 4.79 Å². The van der Waals surface area contributed by atoms with Crippen molar-refractivity contribution in [1.29, 1.82) is 0 Å². The summed E-state index contributed by atoms with van der Waals surface area (Å²) < 4.78 is 39.0. The van der Waals surface area contributed by atoms with Gasteiger partial charge < -0.3 is 5.32 Å². The van der Waals surface area contributed by atoms with E-state index in [-0.39, 0.29) is 16.7 Å². The number of carbonyl (C=O) groups excluding carboxylic acids is 1. The van der Waals surface area contributed by atoms with Crippen molar-refractivity contribution in [1.82, 2.24) is 5.32 Å². The molecule has 0 aliphatic heterocycles. The molecule has 3 unspecified atom stereocenters. The number of amides is 1. The Morgan fingerprint density at radius 1 is 1.24 bits per heavy atom. The average Bonchev–Trinajstić information content (AvgIpc) is 2.33. The Hall–Kier alpha value is -0.260. The molecule has 2 nitrogen and oxygen atoms in total. The van der Waals surface area contributed by atoms with Crippen molar-refractivity contribution in [3.05, 3.63) is 0 Å². The van der Waals surface area contributed by atoms with Crippen LogP contribution < -0.4 is 5.32 Å². The van der Waals surface area contributed by atoms with E-state index >= 15 is 0 Å². The Morgan fingerprint density at radius 2 is 1.81 bits per heavy atom. The van der Waals surface area contributed by atoms with E-state index in [4.69, 9.17) is 0 Å². The molecule has 1 rings (SSSR count). The highest BCUT2D eigenvalue weighted by atomic mass is 79.9. The molecule has 0 radical (unpaired) electrons. The summed E-state index contributed by atoms with van der Waals surface area (Å²) in [6, 6.07) is 0. The van der Waals surface area contributed by atoms with Gasteiger partial charge in [-0.2, -0.15) is 13.2 Å². The van der Waals surface area contributed by atoms with Crippen molar-refractivity contribution in [2.45, 2.75) is 63.9 Å². The molecule has 1 N–H and O–H groups in total. The topological polar surface area (TPSA) is 29.1 Å². The zero-order chi connectivity index (χ0) is 16.3. The van der Waals surface area contributed by atoms with E-state index in [0.29, 0.717) is 25.8 Å². The molecular formula is C15H25BrF3NO. The number of rotatable bonds is 4. The van der Waals surface area contributed by atoms with Crippen LogP contribution in [0.25, 0.3) is 0 Å². The Kier molecular flexibility index (Phi) is 6.56. The van der Waals surface area contributed by atoms with Crippen molar-refractivity contribution in [2.24, 2.45) is 17.3 Å². The Bertz CT molecular complexity index is 352. The monoisotopic (exact) mass is 371 g/mol. The number of carbonyl (C=O) groups is 1. The maximum absolute atomic E-state index is 13.0. The van der Waals surface area contributed by atoms with Gasteiger partial charge in [0.25, 0.3) is 0 Å². The number of hydrogen-bond donors (Lipinski definition) is 1. The highest BCUT2D eigenvalue weighted by Gasteiger charge is 2.47. The van der Waals surface area contributed by atoms with Gasteiger partial charge in [-0.1, -0.05) is 49.5 Å². The van der Waals surface area contributed by atoms with E-state index in [2.05, 4.69) is 42.0 Å². The van der Waals surface area contributed by atoms with Gasteiger partial charge in [-0.25, -0.2) is 0 Å². The molecular weight excluding hydrogens is 347 g/mol. The van der Waals surface area contributed by atoms with E-state index in [1.807, 2.05) is 0 Å². The molecule has 0 spiro atoms. The van der Waals surface area contributed by atoms with Gasteiger partial charge in [-0.05, 0) is 24.7 Å². The third kappa shape index (κ3) is 6.57. The summed E-state index contributed by atoms with van der Waals surface area (Å²) in [7, 11) is 0. The first-order valence-corrected chi connectivity index (χ1v) is 8.41. The lowest BCUT2D eigenvalue weighted by molar-refractivity contribution is -0.198. The Labute approximate surface area is 133 Å². The van der Waals surface area contributed by atoms with Crippen LogP contribution in [0.2, 0.25) is 0 Å². The first kappa shape index (κ1) is 18.8. The lowest BCUT2D eigenvalue weighted by Gasteiger charge is -2.32. The molecule has 0 heterocycles. The third-order valence-corrected chi connectivity index (χ3v) is 4.50. The maximum atomic E-state index is 13.0. The highest BCUT2D eigenvalue weighted by Crippen LogP contribution is 2.41. The normalized spacial score (nSPS) is 25.5. The van der Waals surface area contributed by atoms with E-state index < -0.39 is 23.9 Å². The van der Waals surface area contributed by atoms with Crippen molar-refractivity contribution in [3.63, 3.8) is 0 Å². The third-order valence-electron chi connectivity index (χ3n) is 3.85. The minimum absolute atomic E-state index is 0.0708. The van der Waals surface area contributed by atoms with Crippen LogP contribution in [0.3, 0.4) is 0 Å². The second kappa shape index (κ2) is 7.34. The SMILES string of the molecule is CC(C)(C)CC(Br)CNC(=O)C1CCCCC1C(F)(F)F. The van der Waals surface area contributed by atoms with E-state index in [1.54, 1.807) is 0 Å². The summed E-state index contributed by atoms with van der Waals surface area (Å²) >= 11 is 3.48. The minimum Gasteiger partial charge on any atom is -0.355 e. The fourth-order valence-corrected chi connectivity index (χ4v) is 4.05. The number of hydrogen-bond acceptors (Lipinski definition) is 1. The van der Waals surface area contributed by atoms with Crippen LogP contribution in [0.5, 0.6) is 0 Å². The number of halogens is 4. The summed E-state index contributed by atoms with van der Waals surface area (Å²) in [6.07, 6.45) is -1.77. The first-order chi connectivity index (χ1) is 9.50. The summed E-state index contributed by atoms with van der Waals surface area (Å²) in [4.78, 5) is 12.2. The molecule has 0 saturated heterocycles. The van der Waals surface area contributed by atoms with Crippen molar-refractivity contribution < 1.29 is 18.0 Å². The molecule has 1 saturated carbocycles. The largest absolute Gasteiger partial charge is 0.392 e. The quantitative estimate of drug-likeness (QED) is 0.714. The van der Waals surface area contributed by atoms with Gasteiger partial charge in [0.05, 0.1) is 5.92 Å². The molecule has 124 valence electrons. The minimum atomic E-state index is -4.28. The highest BCUT2D eigenvalue weighted by molar-refractivity contribution is 9.09. The van der Waals surface area contributed by atoms with Gasteiger partial charge in [-0.15, -0.1) is 0 Å². The van der Waals surface area contributed by atoms with Crippen LogP contribution in [0, 0.1) is 17.3 Å². The van der Waals surface area contributed by atoms with Gasteiger partial charge in [0, 0.05) is 17.3 Å². The van der Waals surface area contributed by atoms with Crippen LogP contribution in [0.1, 0.15) is 52.9 Å². The molecule has 0 bridgehead atoms. The zero-order valence-electron chi connectivity index (χ0n) is 12.9. The number of nitrogens with one attached hydrogen (secondary N) is 1. The van der Waals surface area contributed by atoms with Gasteiger partial charge in [0.2, 0.25) is 5.91 Å². The lowest BCUT2D eigenvalue weighted by atomic mass is 9.78. The van der Waals surface area contributed by atoms with Crippen LogP contribution in [0.15, 0.2) is 0 Å². The Balaban J connectivity index is 2.53. The predicted octanol–water partition coefficient (Wildman–Crippen LogP) is 4.67. The second-order valence-electron chi connectivity index (χ2n) is 7.15. The molecule has 21 heavy (non-hydrogen) atoms. The zero-order valence-corrected chi connectivity index (χ0v) is 14.5. The summed E-state index contributed by atoms with van der Waals surface area (Å²) in [6.45, 7) is 6.63. The van der Waals surface area contributed by atoms with Crippen LogP contribution in [-0.4, -0.2) is 23.5 Å². The summed E-state index contributed by atoms with van der Waals surface area (Å²) in [5.74, 6) is -2.86. The molecule has 3 atom stereocenters. The first-order valence-electron chi connectivity index (χ1n) is 7.49. The summed E-state index contributed by atoms with van der Waals surface area (Å²) in [5.41, 5.74) is 0.109. The number of alkyl halides is 4. The Morgan fingerprint density at radius 3 is 2.33 bits per heavy atom. The van der Waals surface area contributed by atoms with Crippen molar-refractivity contribution in [3.8, 4) is 0 Å². The van der Waals surface area contributed by atoms with Crippen molar-refractivity contribution in [2.75, 3.05) is 6.54 Å².